The molecule has 0 atom stereocenters. The number of nitrogens with zero attached hydrogens (tertiary/aromatic N) is 2. The van der Waals surface area contributed by atoms with Crippen LogP contribution in [-0.2, 0) is 0 Å². The molecule has 0 radical (unpaired) electrons. The van der Waals surface area contributed by atoms with Crippen molar-refractivity contribution in [2.45, 2.75) is 33.6 Å². The normalized spacial score (nSPS) is 26.6. The van der Waals surface area contributed by atoms with E-state index in [1.54, 1.807) is 0 Å². The van der Waals surface area contributed by atoms with E-state index in [0.29, 0.717) is 0 Å². The Labute approximate surface area is 89.3 Å². The largest absolute Gasteiger partial charge is 0.306 e. The molecule has 0 aromatic rings. The molecule has 2 saturated heterocycles. The predicted molar refractivity (Wildman–Crippen MR) is 62.6 cm³/mol. The van der Waals surface area contributed by atoms with Crippen LogP contribution in [0.25, 0.3) is 0 Å². The van der Waals surface area contributed by atoms with Gasteiger partial charge in [-0.2, -0.15) is 0 Å². The summed E-state index contributed by atoms with van der Waals surface area (Å²) < 4.78 is 0. The van der Waals surface area contributed by atoms with Gasteiger partial charge in [0.25, 0.3) is 0 Å². The highest BCUT2D eigenvalue weighted by Gasteiger charge is 2.43. The zero-order chi connectivity index (χ0) is 10.6. The van der Waals surface area contributed by atoms with Crippen molar-refractivity contribution in [1.29, 1.82) is 0 Å². The summed E-state index contributed by atoms with van der Waals surface area (Å²) in [4.78, 5) is 5.02. The van der Waals surface area contributed by atoms with Gasteiger partial charge in [0, 0.05) is 13.1 Å². The lowest BCUT2D eigenvalue weighted by molar-refractivity contribution is -0.0390. The molecule has 0 aromatic heterocycles. The molecule has 0 amide bonds. The minimum absolute atomic E-state index is 0.739. The van der Waals surface area contributed by atoms with Gasteiger partial charge in [0.05, 0.1) is 0 Å². The minimum atomic E-state index is 0.739. The lowest BCUT2D eigenvalue weighted by Crippen LogP contribution is -2.59. The first-order valence-corrected chi connectivity index (χ1v) is 6.15. The molecule has 0 aromatic carbocycles. The van der Waals surface area contributed by atoms with E-state index < -0.39 is 0 Å². The van der Waals surface area contributed by atoms with Gasteiger partial charge in [-0.25, -0.2) is 0 Å². The maximum Gasteiger partial charge on any atom is 0.00513 e. The van der Waals surface area contributed by atoms with E-state index in [1.807, 2.05) is 13.8 Å². The smallest absolute Gasteiger partial charge is 0.00513 e. The Morgan fingerprint density at radius 1 is 1.07 bits per heavy atom. The van der Waals surface area contributed by atoms with Crippen molar-refractivity contribution in [3.63, 3.8) is 0 Å². The quantitative estimate of drug-likeness (QED) is 0.636. The molecule has 1 spiro atoms. The number of rotatable bonds is 1. The van der Waals surface area contributed by atoms with Crippen molar-refractivity contribution in [1.82, 2.24) is 9.80 Å². The van der Waals surface area contributed by atoms with Crippen LogP contribution >= 0.6 is 0 Å². The molecule has 14 heavy (non-hydrogen) atoms. The van der Waals surface area contributed by atoms with E-state index in [1.165, 1.54) is 45.6 Å². The van der Waals surface area contributed by atoms with Crippen LogP contribution in [0.15, 0.2) is 0 Å². The molecule has 2 rings (SSSR count). The maximum absolute atomic E-state index is 2.56. The van der Waals surface area contributed by atoms with Crippen molar-refractivity contribution in [3.8, 4) is 0 Å². The summed E-state index contributed by atoms with van der Waals surface area (Å²) in [5.74, 6) is 0. The van der Waals surface area contributed by atoms with Gasteiger partial charge in [0.2, 0.25) is 0 Å². The van der Waals surface area contributed by atoms with Crippen LogP contribution in [0.3, 0.4) is 0 Å². The molecule has 0 unspecified atom stereocenters. The number of hydrogen-bond donors (Lipinski definition) is 0. The zero-order valence-corrected chi connectivity index (χ0v) is 10.3. The third kappa shape index (κ3) is 2.48. The summed E-state index contributed by atoms with van der Waals surface area (Å²) in [6.45, 7) is 12.9. The molecule has 2 heterocycles. The number of likely N-dealkylation sites (tertiary alicyclic amines) is 2. The fourth-order valence-electron chi connectivity index (χ4n) is 2.54. The Bertz CT molecular complexity index is 144. The van der Waals surface area contributed by atoms with Gasteiger partial charge in [-0.1, -0.05) is 20.8 Å². The fourth-order valence-corrected chi connectivity index (χ4v) is 2.54. The van der Waals surface area contributed by atoms with Crippen molar-refractivity contribution in [2.75, 3.05) is 39.8 Å². The molecule has 2 aliphatic rings. The highest BCUT2D eigenvalue weighted by atomic mass is 15.2. The Hall–Kier alpha value is -0.0800. The van der Waals surface area contributed by atoms with Gasteiger partial charge in [0.1, 0.15) is 0 Å². The SMILES string of the molecule is CC.CCN1CC2(CCN(C)CC2)C1. The van der Waals surface area contributed by atoms with E-state index in [-0.39, 0.29) is 0 Å². The number of hydrogen-bond acceptors (Lipinski definition) is 2. The summed E-state index contributed by atoms with van der Waals surface area (Å²) in [6, 6.07) is 0. The second kappa shape index (κ2) is 5.13. The van der Waals surface area contributed by atoms with E-state index in [4.69, 9.17) is 0 Å². The van der Waals surface area contributed by atoms with Crippen molar-refractivity contribution >= 4 is 0 Å². The summed E-state index contributed by atoms with van der Waals surface area (Å²) in [5, 5.41) is 0. The molecule has 0 bridgehead atoms. The van der Waals surface area contributed by atoms with Crippen molar-refractivity contribution in [3.05, 3.63) is 0 Å². The van der Waals surface area contributed by atoms with Crippen LogP contribution in [0.2, 0.25) is 0 Å². The van der Waals surface area contributed by atoms with Gasteiger partial charge in [-0.15, -0.1) is 0 Å². The standard InChI is InChI=1S/C10H20N2.C2H6/c1-3-12-8-10(9-12)4-6-11(2)7-5-10;1-2/h3-9H2,1-2H3;1-2H3. The molecule has 2 fully saturated rings. The summed E-state index contributed by atoms with van der Waals surface area (Å²) in [6.07, 6.45) is 2.86. The van der Waals surface area contributed by atoms with Crippen LogP contribution in [-0.4, -0.2) is 49.6 Å². The topological polar surface area (TPSA) is 6.48 Å². The van der Waals surface area contributed by atoms with E-state index in [2.05, 4.69) is 23.8 Å². The Morgan fingerprint density at radius 2 is 1.57 bits per heavy atom. The second-order valence-electron chi connectivity index (χ2n) is 4.61. The average Bonchev–Trinajstić information content (AvgIpc) is 2.19. The molecule has 2 aliphatic heterocycles. The average molecular weight is 198 g/mol. The first-order valence-electron chi connectivity index (χ1n) is 6.15. The monoisotopic (exact) mass is 198 g/mol. The van der Waals surface area contributed by atoms with Crippen molar-refractivity contribution < 1.29 is 0 Å². The van der Waals surface area contributed by atoms with Crippen LogP contribution in [0, 0.1) is 5.41 Å². The van der Waals surface area contributed by atoms with Gasteiger partial charge in [-0.05, 0) is 44.9 Å². The third-order valence-corrected chi connectivity index (χ3v) is 3.61. The first-order chi connectivity index (χ1) is 6.74. The van der Waals surface area contributed by atoms with Crippen LogP contribution in [0.4, 0.5) is 0 Å². The molecule has 84 valence electrons. The van der Waals surface area contributed by atoms with E-state index in [9.17, 15) is 0 Å². The van der Waals surface area contributed by atoms with Gasteiger partial charge in [0.15, 0.2) is 0 Å². The lowest BCUT2D eigenvalue weighted by atomic mass is 9.72. The highest BCUT2D eigenvalue weighted by Crippen LogP contribution is 2.39. The maximum atomic E-state index is 2.56. The molecule has 0 saturated carbocycles. The highest BCUT2D eigenvalue weighted by molar-refractivity contribution is 4.97. The van der Waals surface area contributed by atoms with Gasteiger partial charge < -0.3 is 9.80 Å². The van der Waals surface area contributed by atoms with Crippen LogP contribution in [0.5, 0.6) is 0 Å². The van der Waals surface area contributed by atoms with Gasteiger partial charge >= 0.3 is 0 Å². The third-order valence-electron chi connectivity index (χ3n) is 3.61. The molecular formula is C12H26N2. The van der Waals surface area contributed by atoms with E-state index >= 15 is 0 Å². The van der Waals surface area contributed by atoms with E-state index in [0.717, 1.165) is 5.41 Å². The Morgan fingerprint density at radius 3 is 2.00 bits per heavy atom. The summed E-state index contributed by atoms with van der Waals surface area (Å²) >= 11 is 0. The molecule has 0 aliphatic carbocycles. The Kier molecular flexibility index (Phi) is 4.39. The van der Waals surface area contributed by atoms with Crippen LogP contribution < -0.4 is 0 Å². The summed E-state index contributed by atoms with van der Waals surface area (Å²) in [5.41, 5.74) is 0.739. The Balaban J connectivity index is 0.000000461. The zero-order valence-electron chi connectivity index (χ0n) is 10.3. The van der Waals surface area contributed by atoms with Gasteiger partial charge in [-0.3, -0.25) is 0 Å². The lowest BCUT2D eigenvalue weighted by Gasteiger charge is -2.53. The molecule has 2 nitrogen and oxygen atoms in total. The van der Waals surface area contributed by atoms with Crippen LogP contribution in [0.1, 0.15) is 33.6 Å². The molecule has 0 N–H and O–H groups in total. The fraction of sp³-hybridized carbons (Fsp3) is 1.00. The predicted octanol–water partition coefficient (Wildman–Crippen LogP) is 2.06. The second-order valence-corrected chi connectivity index (χ2v) is 4.61. The first kappa shape index (κ1) is 12.0. The minimum Gasteiger partial charge on any atom is -0.306 e. The summed E-state index contributed by atoms with van der Waals surface area (Å²) in [7, 11) is 2.24. The molecule has 2 heteroatoms. The molecular weight excluding hydrogens is 172 g/mol. The number of piperidine rings is 1. The van der Waals surface area contributed by atoms with Crippen molar-refractivity contribution in [2.24, 2.45) is 5.41 Å².